The first-order valence-corrected chi connectivity index (χ1v) is 4.21. The van der Waals surface area contributed by atoms with Gasteiger partial charge in [-0.15, -0.1) is 0 Å². The molecule has 0 unspecified atom stereocenters. The molecule has 0 spiro atoms. The van der Waals surface area contributed by atoms with E-state index in [0.717, 1.165) is 11.1 Å². The molecular formula is C11H12O3. The van der Waals surface area contributed by atoms with Crippen molar-refractivity contribution in [2.45, 2.75) is 6.61 Å². The summed E-state index contributed by atoms with van der Waals surface area (Å²) in [5.74, 6) is 0.626. The molecule has 0 amide bonds. The van der Waals surface area contributed by atoms with Crippen molar-refractivity contribution < 1.29 is 14.6 Å². The minimum Gasteiger partial charge on any atom is -0.496 e. The number of aliphatic hydroxyl groups excluding tert-OH is 1. The molecule has 1 aromatic rings. The highest BCUT2D eigenvalue weighted by molar-refractivity contribution is 5.74. The molecule has 0 aliphatic rings. The topological polar surface area (TPSA) is 46.5 Å². The number of aldehydes is 1. The molecule has 3 heteroatoms. The van der Waals surface area contributed by atoms with Gasteiger partial charge in [0.05, 0.1) is 13.7 Å². The number of hydrogen-bond acceptors (Lipinski definition) is 3. The van der Waals surface area contributed by atoms with Crippen LogP contribution in [0.15, 0.2) is 24.3 Å². The fourth-order valence-corrected chi connectivity index (χ4v) is 1.15. The summed E-state index contributed by atoms with van der Waals surface area (Å²) in [4.78, 5) is 10.1. The Kier molecular flexibility index (Phi) is 3.88. The lowest BCUT2D eigenvalue weighted by Gasteiger charge is -2.06. The summed E-state index contributed by atoms with van der Waals surface area (Å²) >= 11 is 0. The van der Waals surface area contributed by atoms with Crippen LogP contribution in [0.4, 0.5) is 0 Å². The van der Waals surface area contributed by atoms with Gasteiger partial charge < -0.3 is 9.84 Å². The highest BCUT2D eigenvalue weighted by Gasteiger charge is 2.01. The molecule has 14 heavy (non-hydrogen) atoms. The quantitative estimate of drug-likeness (QED) is 0.579. The first-order valence-electron chi connectivity index (χ1n) is 4.21. The Morgan fingerprint density at radius 3 is 2.86 bits per heavy atom. The van der Waals surface area contributed by atoms with E-state index in [2.05, 4.69) is 0 Å². The van der Waals surface area contributed by atoms with Crippen LogP contribution >= 0.6 is 0 Å². The Labute approximate surface area is 82.6 Å². The maximum atomic E-state index is 10.1. The van der Waals surface area contributed by atoms with Crippen molar-refractivity contribution in [3.8, 4) is 5.75 Å². The molecule has 0 aliphatic carbocycles. The average molecular weight is 192 g/mol. The van der Waals surface area contributed by atoms with Crippen molar-refractivity contribution in [3.63, 3.8) is 0 Å². The van der Waals surface area contributed by atoms with Crippen LogP contribution in [0.2, 0.25) is 0 Å². The molecule has 0 heterocycles. The van der Waals surface area contributed by atoms with Gasteiger partial charge in [-0.1, -0.05) is 18.2 Å². The van der Waals surface area contributed by atoms with E-state index in [1.165, 1.54) is 6.08 Å². The van der Waals surface area contributed by atoms with E-state index in [-0.39, 0.29) is 6.61 Å². The van der Waals surface area contributed by atoms with E-state index in [0.29, 0.717) is 12.0 Å². The van der Waals surface area contributed by atoms with Gasteiger partial charge in [0.2, 0.25) is 0 Å². The normalized spacial score (nSPS) is 10.4. The van der Waals surface area contributed by atoms with E-state index in [4.69, 9.17) is 9.84 Å². The molecule has 74 valence electrons. The molecule has 1 rings (SSSR count). The minimum atomic E-state index is -0.0547. The minimum absolute atomic E-state index is 0.0547. The fraction of sp³-hybridized carbons (Fsp3) is 0.182. The van der Waals surface area contributed by atoms with Crippen molar-refractivity contribution in [1.29, 1.82) is 0 Å². The van der Waals surface area contributed by atoms with Gasteiger partial charge in [0, 0.05) is 5.56 Å². The Morgan fingerprint density at radius 2 is 2.29 bits per heavy atom. The van der Waals surface area contributed by atoms with Gasteiger partial charge in [0.1, 0.15) is 12.0 Å². The summed E-state index contributed by atoms with van der Waals surface area (Å²) in [6.45, 7) is -0.0547. The molecular weight excluding hydrogens is 180 g/mol. The number of carbonyl (C=O) groups is 1. The van der Waals surface area contributed by atoms with Crippen LogP contribution in [0.1, 0.15) is 11.1 Å². The Morgan fingerprint density at radius 1 is 1.50 bits per heavy atom. The van der Waals surface area contributed by atoms with Gasteiger partial charge in [-0.25, -0.2) is 0 Å². The average Bonchev–Trinajstić information content (AvgIpc) is 2.25. The third-order valence-corrected chi connectivity index (χ3v) is 1.85. The van der Waals surface area contributed by atoms with Crippen LogP contribution < -0.4 is 4.74 Å². The molecule has 0 atom stereocenters. The van der Waals surface area contributed by atoms with E-state index in [1.54, 1.807) is 25.3 Å². The van der Waals surface area contributed by atoms with Crippen LogP contribution in [0, 0.1) is 0 Å². The summed E-state index contributed by atoms with van der Waals surface area (Å²) in [5, 5.41) is 8.96. The largest absolute Gasteiger partial charge is 0.496 e. The summed E-state index contributed by atoms with van der Waals surface area (Å²) in [7, 11) is 1.54. The van der Waals surface area contributed by atoms with Gasteiger partial charge in [0.15, 0.2) is 0 Å². The number of ether oxygens (including phenoxy) is 1. The van der Waals surface area contributed by atoms with Crippen LogP contribution in [0.25, 0.3) is 6.08 Å². The SMILES string of the molecule is COc1cc(/C=C/C=O)ccc1CO. The lowest BCUT2D eigenvalue weighted by atomic mass is 10.1. The Hall–Kier alpha value is -1.61. The molecule has 1 N–H and O–H groups in total. The zero-order chi connectivity index (χ0) is 10.4. The number of aliphatic hydroxyl groups is 1. The van der Waals surface area contributed by atoms with Gasteiger partial charge >= 0.3 is 0 Å². The van der Waals surface area contributed by atoms with Gasteiger partial charge in [-0.05, 0) is 17.7 Å². The van der Waals surface area contributed by atoms with E-state index >= 15 is 0 Å². The molecule has 1 aromatic carbocycles. The van der Waals surface area contributed by atoms with Crippen LogP contribution in [-0.4, -0.2) is 18.5 Å². The number of rotatable bonds is 4. The predicted molar refractivity (Wildman–Crippen MR) is 54.0 cm³/mol. The maximum Gasteiger partial charge on any atom is 0.142 e. The second kappa shape index (κ2) is 5.19. The number of carbonyl (C=O) groups excluding carboxylic acids is 1. The van der Waals surface area contributed by atoms with E-state index in [1.807, 2.05) is 6.07 Å². The molecule has 0 bridgehead atoms. The van der Waals surface area contributed by atoms with Crippen molar-refractivity contribution in [2.75, 3.05) is 7.11 Å². The van der Waals surface area contributed by atoms with Gasteiger partial charge in [0.25, 0.3) is 0 Å². The van der Waals surface area contributed by atoms with Gasteiger partial charge in [-0.3, -0.25) is 4.79 Å². The second-order valence-electron chi connectivity index (χ2n) is 2.72. The zero-order valence-corrected chi connectivity index (χ0v) is 7.93. The molecule has 0 fully saturated rings. The highest BCUT2D eigenvalue weighted by Crippen LogP contribution is 2.20. The monoisotopic (exact) mass is 192 g/mol. The van der Waals surface area contributed by atoms with E-state index in [9.17, 15) is 4.79 Å². The van der Waals surface area contributed by atoms with Crippen molar-refractivity contribution in [2.24, 2.45) is 0 Å². The molecule has 0 radical (unpaired) electrons. The first kappa shape index (κ1) is 10.5. The first-order chi connectivity index (χ1) is 6.81. The Bertz CT molecular complexity index is 342. The van der Waals surface area contributed by atoms with Crippen LogP contribution in [0.3, 0.4) is 0 Å². The van der Waals surface area contributed by atoms with Crippen molar-refractivity contribution >= 4 is 12.4 Å². The Balaban J connectivity index is 3.00. The number of hydrogen-bond donors (Lipinski definition) is 1. The number of benzene rings is 1. The zero-order valence-electron chi connectivity index (χ0n) is 7.93. The molecule has 3 nitrogen and oxygen atoms in total. The van der Waals surface area contributed by atoms with Crippen LogP contribution in [-0.2, 0) is 11.4 Å². The lowest BCUT2D eigenvalue weighted by molar-refractivity contribution is -0.104. The molecule has 0 saturated carbocycles. The summed E-state index contributed by atoms with van der Waals surface area (Å²) in [6, 6.07) is 5.35. The van der Waals surface area contributed by atoms with Crippen molar-refractivity contribution in [3.05, 3.63) is 35.4 Å². The molecule has 0 aliphatic heterocycles. The summed E-state index contributed by atoms with van der Waals surface area (Å²) in [6.07, 6.45) is 3.80. The third-order valence-electron chi connectivity index (χ3n) is 1.85. The van der Waals surface area contributed by atoms with Crippen LogP contribution in [0.5, 0.6) is 5.75 Å². The standard InChI is InChI=1S/C11H12O3/c1-14-11-7-9(3-2-6-12)4-5-10(11)8-13/h2-7,13H,8H2,1H3/b3-2+. The fourth-order valence-electron chi connectivity index (χ4n) is 1.15. The second-order valence-corrected chi connectivity index (χ2v) is 2.72. The summed E-state index contributed by atoms with van der Waals surface area (Å²) in [5.41, 5.74) is 1.60. The maximum absolute atomic E-state index is 10.1. The number of allylic oxidation sites excluding steroid dienone is 1. The number of methoxy groups -OCH3 is 1. The third kappa shape index (κ3) is 2.44. The lowest BCUT2D eigenvalue weighted by Crippen LogP contribution is -1.91. The van der Waals surface area contributed by atoms with E-state index < -0.39 is 0 Å². The predicted octanol–water partition coefficient (Wildman–Crippen LogP) is 1.40. The summed E-state index contributed by atoms with van der Waals surface area (Å²) < 4.78 is 5.07. The smallest absolute Gasteiger partial charge is 0.142 e. The van der Waals surface area contributed by atoms with Crippen molar-refractivity contribution in [1.82, 2.24) is 0 Å². The molecule has 0 aromatic heterocycles. The molecule has 0 saturated heterocycles. The van der Waals surface area contributed by atoms with Gasteiger partial charge in [-0.2, -0.15) is 0 Å². The highest BCUT2D eigenvalue weighted by atomic mass is 16.5.